The second-order valence-electron chi connectivity index (χ2n) is 15.7. The first kappa shape index (κ1) is 33.9. The Balaban J connectivity index is 1.05. The summed E-state index contributed by atoms with van der Waals surface area (Å²) in [7, 11) is 0. The first-order valence-electron chi connectivity index (χ1n) is 19.8. The fourth-order valence-electron chi connectivity index (χ4n) is 9.00. The first-order valence-corrected chi connectivity index (χ1v) is 19.8. The van der Waals surface area contributed by atoms with E-state index in [1.54, 1.807) is 0 Å². The maximum absolute atomic E-state index is 5.01. The van der Waals surface area contributed by atoms with Crippen LogP contribution in [0.2, 0.25) is 0 Å². The van der Waals surface area contributed by atoms with Crippen molar-refractivity contribution in [3.8, 4) is 73.0 Å². The summed E-state index contributed by atoms with van der Waals surface area (Å²) < 4.78 is 2.39. The van der Waals surface area contributed by atoms with Crippen LogP contribution in [-0.4, -0.2) is 19.5 Å². The number of hydrogen-bond acceptors (Lipinski definition) is 3. The van der Waals surface area contributed by atoms with Crippen LogP contribution in [0.3, 0.4) is 0 Å². The molecule has 11 rings (SSSR count). The number of pyridine rings is 3. The van der Waals surface area contributed by atoms with Crippen molar-refractivity contribution in [2.75, 3.05) is 0 Å². The van der Waals surface area contributed by atoms with Crippen molar-refractivity contribution in [3.05, 3.63) is 206 Å². The van der Waals surface area contributed by atoms with Gasteiger partial charge < -0.3 is 4.57 Å². The first-order chi connectivity index (χ1) is 28.5. The van der Waals surface area contributed by atoms with Crippen LogP contribution < -0.4 is 0 Å². The Morgan fingerprint density at radius 3 is 1.55 bits per heavy atom. The SMILES string of the molecule is CC1(C)c2ccccc2-c2cc(-c3ccc4c(c3)c3cc(-c5cccc(-c6cc(-c7ccccn7)nc(-c7ccccn7)c6)c5)ccc3n4-c3ccccc3)ccc21. The van der Waals surface area contributed by atoms with Crippen LogP contribution in [0.15, 0.2) is 194 Å². The molecule has 1 aliphatic carbocycles. The minimum absolute atomic E-state index is 0.0224. The van der Waals surface area contributed by atoms with Crippen molar-refractivity contribution in [1.29, 1.82) is 0 Å². The number of nitrogens with zero attached hydrogens (tertiary/aromatic N) is 4. The molecule has 0 amide bonds. The number of benzene rings is 6. The van der Waals surface area contributed by atoms with Gasteiger partial charge in [-0.3, -0.25) is 9.97 Å². The van der Waals surface area contributed by atoms with Gasteiger partial charge in [-0.05, 0) is 141 Å². The van der Waals surface area contributed by atoms with Crippen LogP contribution in [0.4, 0.5) is 0 Å². The molecule has 58 heavy (non-hydrogen) atoms. The molecule has 4 heterocycles. The zero-order valence-electron chi connectivity index (χ0n) is 32.3. The van der Waals surface area contributed by atoms with E-state index in [-0.39, 0.29) is 5.41 Å². The molecule has 0 unspecified atom stereocenters. The molecule has 6 aromatic carbocycles. The molecule has 0 bridgehead atoms. The van der Waals surface area contributed by atoms with E-state index in [9.17, 15) is 0 Å². The van der Waals surface area contributed by atoms with Gasteiger partial charge in [0, 0.05) is 34.3 Å². The quantitative estimate of drug-likeness (QED) is 0.170. The number of hydrogen-bond donors (Lipinski definition) is 0. The maximum atomic E-state index is 5.01. The zero-order valence-corrected chi connectivity index (χ0v) is 32.3. The van der Waals surface area contributed by atoms with Crippen LogP contribution in [0.1, 0.15) is 25.0 Å². The molecular formula is C54H38N4. The smallest absolute Gasteiger partial charge is 0.0900 e. The van der Waals surface area contributed by atoms with E-state index in [0.29, 0.717) is 0 Å². The third kappa shape index (κ3) is 5.56. The topological polar surface area (TPSA) is 43.6 Å². The van der Waals surface area contributed by atoms with Crippen molar-refractivity contribution in [1.82, 2.24) is 19.5 Å². The Bertz CT molecular complexity index is 3120. The molecular weight excluding hydrogens is 705 g/mol. The van der Waals surface area contributed by atoms with Gasteiger partial charge in [-0.15, -0.1) is 0 Å². The molecule has 0 radical (unpaired) electrons. The molecule has 0 saturated carbocycles. The van der Waals surface area contributed by atoms with Crippen LogP contribution in [0, 0.1) is 0 Å². The number of fused-ring (bicyclic) bond motifs is 6. The van der Waals surface area contributed by atoms with Crippen molar-refractivity contribution in [2.24, 2.45) is 0 Å². The average Bonchev–Trinajstić information content (AvgIpc) is 3.74. The molecule has 274 valence electrons. The van der Waals surface area contributed by atoms with Crippen LogP contribution >= 0.6 is 0 Å². The molecule has 4 aromatic heterocycles. The van der Waals surface area contributed by atoms with Crippen molar-refractivity contribution in [2.45, 2.75) is 19.3 Å². The van der Waals surface area contributed by atoms with E-state index in [4.69, 9.17) is 4.98 Å². The second-order valence-corrected chi connectivity index (χ2v) is 15.7. The molecule has 0 aliphatic heterocycles. The van der Waals surface area contributed by atoms with Crippen molar-refractivity contribution < 1.29 is 0 Å². The van der Waals surface area contributed by atoms with E-state index in [1.807, 2.05) is 48.8 Å². The molecule has 1 aliphatic rings. The molecule has 0 saturated heterocycles. The number of aromatic nitrogens is 4. The van der Waals surface area contributed by atoms with E-state index in [1.165, 1.54) is 55.2 Å². The third-order valence-electron chi connectivity index (χ3n) is 11.9. The second kappa shape index (κ2) is 13.4. The summed E-state index contributed by atoms with van der Waals surface area (Å²) in [5.74, 6) is 0. The lowest BCUT2D eigenvalue weighted by Gasteiger charge is -2.21. The largest absolute Gasteiger partial charge is 0.309 e. The summed E-state index contributed by atoms with van der Waals surface area (Å²) in [6, 6.07) is 65.4. The molecule has 10 aromatic rings. The Morgan fingerprint density at radius 2 is 0.914 bits per heavy atom. The molecule has 0 atom stereocenters. The van der Waals surface area contributed by atoms with Gasteiger partial charge in [-0.25, -0.2) is 4.98 Å². The molecule has 4 heteroatoms. The molecule has 0 fully saturated rings. The monoisotopic (exact) mass is 742 g/mol. The van der Waals surface area contributed by atoms with Gasteiger partial charge >= 0.3 is 0 Å². The van der Waals surface area contributed by atoms with E-state index >= 15 is 0 Å². The zero-order chi connectivity index (χ0) is 38.8. The Morgan fingerprint density at radius 1 is 0.379 bits per heavy atom. The molecule has 4 nitrogen and oxygen atoms in total. The van der Waals surface area contributed by atoms with Gasteiger partial charge in [0.15, 0.2) is 0 Å². The number of rotatable bonds is 6. The summed E-state index contributed by atoms with van der Waals surface area (Å²) in [6.07, 6.45) is 3.62. The Hall–Kier alpha value is -7.43. The lowest BCUT2D eigenvalue weighted by Crippen LogP contribution is -2.14. The summed E-state index contributed by atoms with van der Waals surface area (Å²) in [6.45, 7) is 4.68. The predicted molar refractivity (Wildman–Crippen MR) is 239 cm³/mol. The lowest BCUT2D eigenvalue weighted by atomic mass is 9.82. The molecule has 0 N–H and O–H groups in total. The minimum atomic E-state index is -0.0224. The van der Waals surface area contributed by atoms with Gasteiger partial charge in [0.2, 0.25) is 0 Å². The third-order valence-corrected chi connectivity index (χ3v) is 11.9. The van der Waals surface area contributed by atoms with Gasteiger partial charge in [0.1, 0.15) is 0 Å². The van der Waals surface area contributed by atoms with Gasteiger partial charge in [0.05, 0.1) is 33.8 Å². The predicted octanol–water partition coefficient (Wildman–Crippen LogP) is 13.6. The Labute approximate surface area is 337 Å². The van der Waals surface area contributed by atoms with Gasteiger partial charge in [-0.2, -0.15) is 0 Å². The van der Waals surface area contributed by atoms with Crippen molar-refractivity contribution >= 4 is 21.8 Å². The van der Waals surface area contributed by atoms with E-state index in [2.05, 4.69) is 174 Å². The summed E-state index contributed by atoms with van der Waals surface area (Å²) in [4.78, 5) is 14.3. The fraction of sp³-hybridized carbons (Fsp3) is 0.0556. The van der Waals surface area contributed by atoms with Gasteiger partial charge in [0.25, 0.3) is 0 Å². The summed E-state index contributed by atoms with van der Waals surface area (Å²) >= 11 is 0. The summed E-state index contributed by atoms with van der Waals surface area (Å²) in [5.41, 5.74) is 19.1. The summed E-state index contributed by atoms with van der Waals surface area (Å²) in [5, 5.41) is 2.44. The normalized spacial score (nSPS) is 12.8. The Kier molecular flexibility index (Phi) is 7.80. The van der Waals surface area contributed by atoms with Crippen LogP contribution in [-0.2, 0) is 5.41 Å². The minimum Gasteiger partial charge on any atom is -0.309 e. The highest BCUT2D eigenvalue weighted by molar-refractivity contribution is 6.11. The number of para-hydroxylation sites is 1. The van der Waals surface area contributed by atoms with E-state index < -0.39 is 0 Å². The fourth-order valence-corrected chi connectivity index (χ4v) is 9.00. The highest BCUT2D eigenvalue weighted by atomic mass is 15.0. The average molecular weight is 743 g/mol. The lowest BCUT2D eigenvalue weighted by molar-refractivity contribution is 0.660. The maximum Gasteiger partial charge on any atom is 0.0900 e. The van der Waals surface area contributed by atoms with Gasteiger partial charge in [-0.1, -0.05) is 111 Å². The highest BCUT2D eigenvalue weighted by Gasteiger charge is 2.35. The van der Waals surface area contributed by atoms with Crippen LogP contribution in [0.25, 0.3) is 94.8 Å². The standard InChI is InChI=1S/C54H38N4/c1-54(2)46-18-7-6-17-42(46)43-30-37(21-24-47(43)54)39-23-26-53-45(32-39)44-31-38(22-25-52(44)58(53)41-15-4-3-5-16-41)35-13-12-14-36(29-35)40-33-50(48-19-8-10-27-55-48)57-51(34-40)49-20-9-11-28-56-49/h3-34H,1-2H3. The molecule has 0 spiro atoms. The van der Waals surface area contributed by atoms with Crippen LogP contribution in [0.5, 0.6) is 0 Å². The van der Waals surface area contributed by atoms with Crippen molar-refractivity contribution in [3.63, 3.8) is 0 Å². The highest BCUT2D eigenvalue weighted by Crippen LogP contribution is 2.50. The van der Waals surface area contributed by atoms with E-state index in [0.717, 1.165) is 50.7 Å².